The summed E-state index contributed by atoms with van der Waals surface area (Å²) in [4.78, 5) is 12.6. The van der Waals surface area contributed by atoms with Gasteiger partial charge in [0.05, 0.1) is 7.11 Å². The second-order valence-corrected chi connectivity index (χ2v) is 4.17. The van der Waals surface area contributed by atoms with E-state index in [2.05, 4.69) is 0 Å². The molecule has 0 aliphatic carbocycles. The molecule has 1 aromatic rings. The largest absolute Gasteiger partial charge is 0.466 e. The molecular weight excluding hydrogens is 220 g/mol. The Morgan fingerprint density at radius 1 is 1.38 bits per heavy atom. The lowest BCUT2D eigenvalue weighted by Crippen LogP contribution is -2.03. The third kappa shape index (κ3) is 3.42. The van der Waals surface area contributed by atoms with Crippen LogP contribution in [0.2, 0.25) is 0 Å². The number of carbonyl (C=O) groups is 1. The van der Waals surface area contributed by atoms with Crippen molar-refractivity contribution in [3.63, 3.8) is 0 Å². The van der Waals surface area contributed by atoms with Gasteiger partial charge in [-0.05, 0) is 36.4 Å². The van der Waals surface area contributed by atoms with Crippen molar-refractivity contribution in [3.8, 4) is 0 Å². The van der Waals surface area contributed by atoms with Crippen LogP contribution in [-0.4, -0.2) is 19.3 Å². The number of hydrogen-bond donors (Lipinski definition) is 0. The highest BCUT2D eigenvalue weighted by Gasteiger charge is 2.06. The Kier molecular flexibility index (Phi) is 5.12. The van der Waals surface area contributed by atoms with Gasteiger partial charge in [0.1, 0.15) is 0 Å². The lowest BCUT2D eigenvalue weighted by molar-refractivity contribution is -0.136. The zero-order valence-electron chi connectivity index (χ0n) is 9.82. The van der Waals surface area contributed by atoms with Crippen LogP contribution in [-0.2, 0) is 9.53 Å². The molecule has 0 saturated carbocycles. The normalized spacial score (nSPS) is 11.3. The molecule has 0 atom stereocenters. The van der Waals surface area contributed by atoms with Gasteiger partial charge >= 0.3 is 5.97 Å². The maximum Gasteiger partial charge on any atom is 0.333 e. The number of rotatable bonds is 4. The first-order valence-electron chi connectivity index (χ1n) is 5.14. The molecule has 0 aliphatic heterocycles. The second-order valence-electron chi connectivity index (χ2n) is 3.29. The molecular formula is C13H16O2S. The second kappa shape index (κ2) is 6.38. The Morgan fingerprint density at radius 3 is 2.44 bits per heavy atom. The molecule has 0 aromatic heterocycles. The van der Waals surface area contributed by atoms with Crippen LogP contribution in [0.1, 0.15) is 18.9 Å². The number of carbonyl (C=O) groups excluding carboxylic acids is 1. The molecule has 1 aromatic carbocycles. The van der Waals surface area contributed by atoms with E-state index in [1.807, 2.05) is 43.5 Å². The summed E-state index contributed by atoms with van der Waals surface area (Å²) in [5.74, 6) is -0.253. The van der Waals surface area contributed by atoms with Crippen LogP contribution in [0, 0.1) is 0 Å². The first-order valence-corrected chi connectivity index (χ1v) is 6.36. The molecule has 3 heteroatoms. The molecule has 0 heterocycles. The Bertz CT molecular complexity index is 379. The fraction of sp³-hybridized carbons (Fsp3) is 0.308. The fourth-order valence-electron chi connectivity index (χ4n) is 1.34. The summed E-state index contributed by atoms with van der Waals surface area (Å²) in [7, 11) is 1.41. The summed E-state index contributed by atoms with van der Waals surface area (Å²) >= 11 is 1.70. The van der Waals surface area contributed by atoms with Gasteiger partial charge in [0.2, 0.25) is 0 Å². The minimum Gasteiger partial charge on any atom is -0.466 e. The zero-order chi connectivity index (χ0) is 12.0. The van der Waals surface area contributed by atoms with Crippen LogP contribution in [0.25, 0.3) is 6.08 Å². The molecule has 0 N–H and O–H groups in total. The average Bonchev–Trinajstić information content (AvgIpc) is 2.35. The fourth-order valence-corrected chi connectivity index (χ4v) is 1.75. The third-order valence-electron chi connectivity index (χ3n) is 2.29. The summed E-state index contributed by atoms with van der Waals surface area (Å²) in [6, 6.07) is 8.09. The van der Waals surface area contributed by atoms with E-state index >= 15 is 0 Å². The topological polar surface area (TPSA) is 26.3 Å². The molecule has 2 nitrogen and oxygen atoms in total. The quantitative estimate of drug-likeness (QED) is 0.455. The Hall–Kier alpha value is -1.22. The van der Waals surface area contributed by atoms with Crippen molar-refractivity contribution in [2.75, 3.05) is 13.4 Å². The van der Waals surface area contributed by atoms with Crippen LogP contribution in [0.4, 0.5) is 0 Å². The average molecular weight is 236 g/mol. The summed E-state index contributed by atoms with van der Waals surface area (Å²) in [6.45, 7) is 1.94. The molecule has 0 fully saturated rings. The van der Waals surface area contributed by atoms with Gasteiger partial charge in [-0.25, -0.2) is 4.79 Å². The summed E-state index contributed by atoms with van der Waals surface area (Å²) < 4.78 is 4.71. The molecule has 0 spiro atoms. The molecule has 0 amide bonds. The molecule has 1 rings (SSSR count). The maximum atomic E-state index is 11.4. The van der Waals surface area contributed by atoms with Crippen LogP contribution < -0.4 is 0 Å². The first kappa shape index (κ1) is 12.8. The van der Waals surface area contributed by atoms with Crippen LogP contribution in [0.15, 0.2) is 34.7 Å². The zero-order valence-corrected chi connectivity index (χ0v) is 10.6. The van der Waals surface area contributed by atoms with Gasteiger partial charge in [-0.15, -0.1) is 11.8 Å². The standard InChI is InChI=1S/C13H16O2S/c1-4-11(13(14)15-2)9-10-5-7-12(16-3)8-6-10/h5-9H,4H2,1-3H3/b11-9+. The van der Waals surface area contributed by atoms with Crippen molar-refractivity contribution in [1.29, 1.82) is 0 Å². The van der Waals surface area contributed by atoms with Crippen molar-refractivity contribution in [1.82, 2.24) is 0 Å². The van der Waals surface area contributed by atoms with E-state index in [0.717, 1.165) is 5.56 Å². The van der Waals surface area contributed by atoms with Crippen molar-refractivity contribution in [3.05, 3.63) is 35.4 Å². The van der Waals surface area contributed by atoms with E-state index in [1.165, 1.54) is 12.0 Å². The minimum atomic E-state index is -0.253. The molecule has 0 saturated heterocycles. The highest BCUT2D eigenvalue weighted by molar-refractivity contribution is 7.98. The van der Waals surface area contributed by atoms with Crippen LogP contribution in [0.5, 0.6) is 0 Å². The van der Waals surface area contributed by atoms with Gasteiger partial charge in [0, 0.05) is 10.5 Å². The number of ether oxygens (including phenoxy) is 1. The van der Waals surface area contributed by atoms with Crippen molar-refractivity contribution < 1.29 is 9.53 Å². The van der Waals surface area contributed by atoms with Gasteiger partial charge < -0.3 is 4.74 Å². The number of thioether (sulfide) groups is 1. The predicted molar refractivity (Wildman–Crippen MR) is 68.5 cm³/mol. The number of methoxy groups -OCH3 is 1. The highest BCUT2D eigenvalue weighted by Crippen LogP contribution is 2.17. The van der Waals surface area contributed by atoms with E-state index in [4.69, 9.17) is 4.74 Å². The molecule has 0 aliphatic rings. The summed E-state index contributed by atoms with van der Waals surface area (Å²) in [6.07, 6.45) is 4.59. The van der Waals surface area contributed by atoms with Crippen molar-refractivity contribution in [2.45, 2.75) is 18.2 Å². The Balaban J connectivity index is 2.91. The lowest BCUT2D eigenvalue weighted by Gasteiger charge is -2.03. The summed E-state index contributed by atoms with van der Waals surface area (Å²) in [5, 5.41) is 0. The smallest absolute Gasteiger partial charge is 0.333 e. The molecule has 0 radical (unpaired) electrons. The molecule has 0 bridgehead atoms. The van der Waals surface area contributed by atoms with E-state index in [-0.39, 0.29) is 5.97 Å². The summed E-state index contributed by atoms with van der Waals surface area (Å²) in [5.41, 5.74) is 1.72. The monoisotopic (exact) mass is 236 g/mol. The third-order valence-corrected chi connectivity index (χ3v) is 3.03. The van der Waals surface area contributed by atoms with Crippen LogP contribution >= 0.6 is 11.8 Å². The minimum absolute atomic E-state index is 0.253. The van der Waals surface area contributed by atoms with Crippen LogP contribution in [0.3, 0.4) is 0 Å². The highest BCUT2D eigenvalue weighted by atomic mass is 32.2. The van der Waals surface area contributed by atoms with E-state index in [9.17, 15) is 4.79 Å². The SMILES string of the molecule is CC/C(=C\c1ccc(SC)cc1)C(=O)OC. The van der Waals surface area contributed by atoms with Crippen molar-refractivity contribution >= 4 is 23.8 Å². The van der Waals surface area contributed by atoms with Gasteiger partial charge in [0.15, 0.2) is 0 Å². The maximum absolute atomic E-state index is 11.4. The van der Waals surface area contributed by atoms with E-state index < -0.39 is 0 Å². The number of esters is 1. The number of hydrogen-bond acceptors (Lipinski definition) is 3. The van der Waals surface area contributed by atoms with Gasteiger partial charge in [0.25, 0.3) is 0 Å². The van der Waals surface area contributed by atoms with Gasteiger partial charge in [-0.2, -0.15) is 0 Å². The lowest BCUT2D eigenvalue weighted by atomic mass is 10.1. The van der Waals surface area contributed by atoms with Crippen molar-refractivity contribution in [2.24, 2.45) is 0 Å². The van der Waals surface area contributed by atoms with E-state index in [1.54, 1.807) is 11.8 Å². The predicted octanol–water partition coefficient (Wildman–Crippen LogP) is 3.37. The molecule has 86 valence electrons. The number of benzene rings is 1. The Labute approximate surface area is 101 Å². The van der Waals surface area contributed by atoms with E-state index in [0.29, 0.717) is 12.0 Å². The van der Waals surface area contributed by atoms with Gasteiger partial charge in [-0.1, -0.05) is 19.1 Å². The Morgan fingerprint density at radius 2 is 2.00 bits per heavy atom. The van der Waals surface area contributed by atoms with Gasteiger partial charge in [-0.3, -0.25) is 0 Å². The molecule has 16 heavy (non-hydrogen) atoms. The molecule has 0 unspecified atom stereocenters. The first-order chi connectivity index (χ1) is 7.71.